The molecule has 0 atom stereocenters. The van der Waals surface area contributed by atoms with Crippen LogP contribution < -0.4 is 4.57 Å². The maximum absolute atomic E-state index is 4.64. The summed E-state index contributed by atoms with van der Waals surface area (Å²) >= 11 is 0. The Bertz CT molecular complexity index is 1410. The molecule has 0 saturated heterocycles. The van der Waals surface area contributed by atoms with Crippen molar-refractivity contribution in [2.75, 3.05) is 0 Å². The van der Waals surface area contributed by atoms with E-state index >= 15 is 0 Å². The van der Waals surface area contributed by atoms with E-state index in [4.69, 9.17) is 0 Å². The van der Waals surface area contributed by atoms with Crippen LogP contribution in [0.5, 0.6) is 0 Å². The van der Waals surface area contributed by atoms with Crippen LogP contribution >= 0.6 is 0 Å². The molecule has 27 heavy (non-hydrogen) atoms. The number of aromatic amines is 3. The van der Waals surface area contributed by atoms with Crippen molar-refractivity contribution in [3.8, 4) is 17.5 Å². The monoisotopic (exact) mass is 354 g/mol. The lowest BCUT2D eigenvalue weighted by atomic mass is 10.3. The minimum Gasteiger partial charge on any atom is -0.334 e. The van der Waals surface area contributed by atoms with Gasteiger partial charge in [0.25, 0.3) is 0 Å². The maximum Gasteiger partial charge on any atom is 0.403 e. The minimum atomic E-state index is 0.693. The number of imidazole rings is 2. The fraction of sp³-hybridized carbons (Fsp3) is 0. The Morgan fingerprint density at radius 3 is 2.85 bits per heavy atom. The van der Waals surface area contributed by atoms with E-state index in [1.807, 2.05) is 47.3 Å². The van der Waals surface area contributed by atoms with E-state index in [9.17, 15) is 0 Å². The molecule has 0 bridgehead atoms. The standard InChI is InChI=1S/C18H11N9/c1-2-12-16(19-6-1)25-18(24-12)27-7-5-11-14(9-27)23-17(21-11)13-4-3-10-8-20-26-15(10)22-13/h1-9H,(H2,19,20,22,23,24,25,26)/p+1. The summed E-state index contributed by atoms with van der Waals surface area (Å²) in [5.41, 5.74) is 4.79. The average Bonchev–Trinajstić information content (AvgIpc) is 3.42. The minimum absolute atomic E-state index is 0.693. The van der Waals surface area contributed by atoms with E-state index in [-0.39, 0.29) is 0 Å². The summed E-state index contributed by atoms with van der Waals surface area (Å²) in [7, 11) is 0. The van der Waals surface area contributed by atoms with Gasteiger partial charge < -0.3 is 4.98 Å². The van der Waals surface area contributed by atoms with Crippen LogP contribution in [0.4, 0.5) is 0 Å². The molecule has 9 nitrogen and oxygen atoms in total. The summed E-state index contributed by atoms with van der Waals surface area (Å²) in [5.74, 6) is 1.39. The quantitative estimate of drug-likeness (QED) is 0.412. The first-order chi connectivity index (χ1) is 13.3. The topological polar surface area (TPSA) is 116 Å². The van der Waals surface area contributed by atoms with Crippen molar-refractivity contribution in [1.29, 1.82) is 0 Å². The fourth-order valence-electron chi connectivity index (χ4n) is 3.12. The predicted molar refractivity (Wildman–Crippen MR) is 98.0 cm³/mol. The number of pyridine rings is 3. The first-order valence-corrected chi connectivity index (χ1v) is 8.36. The van der Waals surface area contributed by atoms with Crippen LogP contribution in [0.2, 0.25) is 0 Å². The van der Waals surface area contributed by atoms with Gasteiger partial charge in [-0.3, -0.25) is 5.10 Å². The molecule has 6 rings (SSSR count). The molecule has 0 aromatic carbocycles. The highest BCUT2D eigenvalue weighted by atomic mass is 15.2. The molecule has 128 valence electrons. The number of hydrogen-bond donors (Lipinski definition) is 3. The van der Waals surface area contributed by atoms with Crippen molar-refractivity contribution in [3.63, 3.8) is 0 Å². The van der Waals surface area contributed by atoms with Crippen LogP contribution in [0.3, 0.4) is 0 Å². The Hall–Kier alpha value is -4.14. The Kier molecular flexibility index (Phi) is 2.70. The lowest BCUT2D eigenvalue weighted by Crippen LogP contribution is -2.31. The van der Waals surface area contributed by atoms with Crippen molar-refractivity contribution in [2.45, 2.75) is 0 Å². The SMILES string of the molecule is c1cnc2[nH]c(-[n+]3ccc4nc(-c5ccc6cn[nH]c6n5)[nH]c4c3)nc2c1. The van der Waals surface area contributed by atoms with Gasteiger partial charge >= 0.3 is 5.95 Å². The van der Waals surface area contributed by atoms with Crippen molar-refractivity contribution < 1.29 is 4.57 Å². The van der Waals surface area contributed by atoms with Crippen LogP contribution in [0.15, 0.2) is 55.1 Å². The van der Waals surface area contributed by atoms with E-state index in [1.54, 1.807) is 12.4 Å². The molecule has 0 spiro atoms. The molecule has 3 N–H and O–H groups in total. The van der Waals surface area contributed by atoms with Crippen molar-refractivity contribution >= 4 is 33.2 Å². The highest BCUT2D eigenvalue weighted by Crippen LogP contribution is 2.20. The maximum atomic E-state index is 4.64. The third-order valence-electron chi connectivity index (χ3n) is 4.45. The highest BCUT2D eigenvalue weighted by molar-refractivity contribution is 5.80. The molecule has 0 amide bonds. The molecule has 0 unspecified atom stereocenters. The number of aromatic nitrogens is 9. The van der Waals surface area contributed by atoms with Crippen molar-refractivity contribution in [1.82, 2.24) is 40.1 Å². The zero-order chi connectivity index (χ0) is 17.8. The molecule has 0 fully saturated rings. The van der Waals surface area contributed by atoms with Gasteiger partial charge in [-0.25, -0.2) is 24.5 Å². The summed E-state index contributed by atoms with van der Waals surface area (Å²) < 4.78 is 1.90. The van der Waals surface area contributed by atoms with Gasteiger partial charge in [0.2, 0.25) is 11.2 Å². The molecular formula is C18H12N9+. The molecule has 6 aromatic rings. The predicted octanol–water partition coefficient (Wildman–Crippen LogP) is 2.05. The highest BCUT2D eigenvalue weighted by Gasteiger charge is 2.16. The zero-order valence-corrected chi connectivity index (χ0v) is 13.9. The van der Waals surface area contributed by atoms with Gasteiger partial charge in [-0.15, -0.1) is 0 Å². The molecule has 6 heterocycles. The van der Waals surface area contributed by atoms with Crippen LogP contribution in [-0.2, 0) is 0 Å². The van der Waals surface area contributed by atoms with Crippen LogP contribution in [0.1, 0.15) is 0 Å². The summed E-state index contributed by atoms with van der Waals surface area (Å²) in [6, 6.07) is 9.62. The second-order valence-corrected chi connectivity index (χ2v) is 6.17. The lowest BCUT2D eigenvalue weighted by Gasteiger charge is -1.95. The van der Waals surface area contributed by atoms with E-state index < -0.39 is 0 Å². The molecule has 6 aromatic heterocycles. The van der Waals surface area contributed by atoms with E-state index in [0.717, 1.165) is 38.9 Å². The first-order valence-electron chi connectivity index (χ1n) is 8.36. The van der Waals surface area contributed by atoms with Crippen LogP contribution in [0.25, 0.3) is 50.7 Å². The molecule has 0 radical (unpaired) electrons. The largest absolute Gasteiger partial charge is 0.403 e. The number of hydrogen-bond acceptors (Lipinski definition) is 5. The zero-order valence-electron chi connectivity index (χ0n) is 13.9. The Labute approximate surface area is 151 Å². The number of nitrogens with zero attached hydrogens (tertiary/aromatic N) is 6. The van der Waals surface area contributed by atoms with Gasteiger partial charge in [0.05, 0.1) is 29.6 Å². The number of nitrogens with one attached hydrogen (secondary N) is 3. The van der Waals surface area contributed by atoms with Crippen LogP contribution in [0, 0.1) is 0 Å². The summed E-state index contributed by atoms with van der Waals surface area (Å²) in [5, 5.41) is 7.85. The molecule has 0 aliphatic carbocycles. The molecule has 9 heteroatoms. The average molecular weight is 354 g/mol. The lowest BCUT2D eigenvalue weighted by molar-refractivity contribution is -0.601. The normalized spacial score (nSPS) is 11.7. The second kappa shape index (κ2) is 5.18. The number of fused-ring (bicyclic) bond motifs is 3. The summed E-state index contributed by atoms with van der Waals surface area (Å²) in [6.45, 7) is 0. The molecular weight excluding hydrogens is 342 g/mol. The van der Waals surface area contributed by atoms with Gasteiger partial charge in [-0.1, -0.05) is 4.98 Å². The van der Waals surface area contributed by atoms with E-state index in [0.29, 0.717) is 11.8 Å². The molecule has 0 aliphatic rings. The first kappa shape index (κ1) is 14.1. The summed E-state index contributed by atoms with van der Waals surface area (Å²) in [6.07, 6.45) is 7.34. The van der Waals surface area contributed by atoms with E-state index in [2.05, 4.69) is 40.1 Å². The fourth-order valence-corrected chi connectivity index (χ4v) is 3.12. The molecule has 0 saturated carbocycles. The third-order valence-corrected chi connectivity index (χ3v) is 4.45. The van der Waals surface area contributed by atoms with Gasteiger partial charge in [-0.05, 0) is 30.3 Å². The van der Waals surface area contributed by atoms with Gasteiger partial charge in [0.15, 0.2) is 11.5 Å². The number of rotatable bonds is 2. The third kappa shape index (κ3) is 2.18. The van der Waals surface area contributed by atoms with Gasteiger partial charge in [-0.2, -0.15) is 5.10 Å². The smallest absolute Gasteiger partial charge is 0.334 e. The Balaban J connectivity index is 1.46. The van der Waals surface area contributed by atoms with Crippen molar-refractivity contribution in [3.05, 3.63) is 55.1 Å². The van der Waals surface area contributed by atoms with Gasteiger partial charge in [0.1, 0.15) is 5.69 Å². The van der Waals surface area contributed by atoms with E-state index in [1.165, 1.54) is 0 Å². The Morgan fingerprint density at radius 2 is 1.89 bits per heavy atom. The Morgan fingerprint density at radius 1 is 0.889 bits per heavy atom. The second-order valence-electron chi connectivity index (χ2n) is 6.17. The summed E-state index contributed by atoms with van der Waals surface area (Å²) in [4.78, 5) is 24.6. The molecule has 0 aliphatic heterocycles. The van der Waals surface area contributed by atoms with Gasteiger partial charge in [0, 0.05) is 11.6 Å². The van der Waals surface area contributed by atoms with Crippen molar-refractivity contribution in [2.24, 2.45) is 0 Å². The van der Waals surface area contributed by atoms with Crippen LogP contribution in [-0.4, -0.2) is 40.1 Å². The number of H-pyrrole nitrogens is 3.